The number of benzene rings is 2. The van der Waals surface area contributed by atoms with Gasteiger partial charge < -0.3 is 15.0 Å². The van der Waals surface area contributed by atoms with E-state index in [1.54, 1.807) is 19.2 Å². The van der Waals surface area contributed by atoms with Crippen molar-refractivity contribution in [2.45, 2.75) is 6.92 Å². The lowest BCUT2D eigenvalue weighted by atomic mass is 10.1. The van der Waals surface area contributed by atoms with Crippen molar-refractivity contribution in [2.24, 2.45) is 0 Å². The lowest BCUT2D eigenvalue weighted by Gasteiger charge is -2.04. The number of aryl methyl sites for hydroxylation is 1. The summed E-state index contributed by atoms with van der Waals surface area (Å²) in [5, 5.41) is 3.64. The number of hydrogen-bond donors (Lipinski definition) is 2. The van der Waals surface area contributed by atoms with Crippen LogP contribution in [0.2, 0.25) is 0 Å². The molecule has 0 bridgehead atoms. The Balaban J connectivity index is 1.95. The summed E-state index contributed by atoms with van der Waals surface area (Å²) in [7, 11) is 1.59. The molecule has 1 amide bonds. The number of aromatic nitrogens is 1. The summed E-state index contributed by atoms with van der Waals surface area (Å²) < 4.78 is 18.4. The van der Waals surface area contributed by atoms with Crippen LogP contribution in [0.15, 0.2) is 42.5 Å². The van der Waals surface area contributed by atoms with Gasteiger partial charge in [0.25, 0.3) is 5.91 Å². The Kier molecular flexibility index (Phi) is 3.55. The van der Waals surface area contributed by atoms with E-state index in [1.165, 1.54) is 12.1 Å². The van der Waals surface area contributed by atoms with Crippen LogP contribution < -0.4 is 10.1 Å². The molecule has 0 aliphatic heterocycles. The second kappa shape index (κ2) is 5.52. The Morgan fingerprint density at radius 3 is 2.77 bits per heavy atom. The highest BCUT2D eigenvalue weighted by Crippen LogP contribution is 2.26. The molecule has 0 fully saturated rings. The van der Waals surface area contributed by atoms with Gasteiger partial charge in [-0.25, -0.2) is 4.39 Å². The smallest absolute Gasteiger partial charge is 0.272 e. The quantitative estimate of drug-likeness (QED) is 0.771. The van der Waals surface area contributed by atoms with E-state index in [4.69, 9.17) is 4.74 Å². The number of methoxy groups -OCH3 is 1. The first-order chi connectivity index (χ1) is 10.6. The summed E-state index contributed by atoms with van der Waals surface area (Å²) in [6.07, 6.45) is 0. The maximum atomic E-state index is 13.2. The van der Waals surface area contributed by atoms with Crippen LogP contribution in [-0.2, 0) is 0 Å². The molecule has 0 aliphatic rings. The zero-order valence-electron chi connectivity index (χ0n) is 12.2. The lowest BCUT2D eigenvalue weighted by molar-refractivity contribution is 0.102. The van der Waals surface area contributed by atoms with Gasteiger partial charge in [0.05, 0.1) is 7.11 Å². The number of anilines is 1. The van der Waals surface area contributed by atoms with E-state index in [9.17, 15) is 9.18 Å². The Morgan fingerprint density at radius 1 is 1.23 bits per heavy atom. The molecule has 3 rings (SSSR count). The molecule has 0 saturated carbocycles. The summed E-state index contributed by atoms with van der Waals surface area (Å²) >= 11 is 0. The van der Waals surface area contributed by atoms with Crippen molar-refractivity contribution in [3.8, 4) is 5.75 Å². The fraction of sp³-hybridized carbons (Fsp3) is 0.118. The van der Waals surface area contributed by atoms with Crippen molar-refractivity contribution in [3.05, 3.63) is 59.5 Å². The molecule has 0 saturated heterocycles. The van der Waals surface area contributed by atoms with Gasteiger partial charge in [-0.3, -0.25) is 4.79 Å². The van der Waals surface area contributed by atoms with Gasteiger partial charge >= 0.3 is 0 Å². The number of carbonyl (C=O) groups is 1. The molecule has 112 valence electrons. The van der Waals surface area contributed by atoms with Crippen LogP contribution in [-0.4, -0.2) is 18.0 Å². The Hall–Kier alpha value is -2.82. The number of amides is 1. The summed E-state index contributed by atoms with van der Waals surface area (Å²) in [6, 6.07) is 11.4. The number of carbonyl (C=O) groups excluding carboxylic acids is 1. The van der Waals surface area contributed by atoms with Gasteiger partial charge in [0.15, 0.2) is 0 Å². The van der Waals surface area contributed by atoms with Crippen LogP contribution in [0.5, 0.6) is 5.75 Å². The van der Waals surface area contributed by atoms with Gasteiger partial charge in [-0.05, 0) is 42.8 Å². The third-order valence-electron chi connectivity index (χ3n) is 3.57. The Morgan fingerprint density at radius 2 is 2.05 bits per heavy atom. The molecule has 1 heterocycles. The van der Waals surface area contributed by atoms with E-state index in [-0.39, 0.29) is 5.91 Å². The molecule has 3 aromatic rings. The molecule has 4 nitrogen and oxygen atoms in total. The molecule has 0 atom stereocenters. The topological polar surface area (TPSA) is 54.1 Å². The minimum atomic E-state index is -0.393. The van der Waals surface area contributed by atoms with E-state index < -0.39 is 5.82 Å². The molecule has 0 unspecified atom stereocenters. The van der Waals surface area contributed by atoms with Gasteiger partial charge in [-0.2, -0.15) is 0 Å². The average Bonchev–Trinajstić information content (AvgIpc) is 2.84. The van der Waals surface area contributed by atoms with E-state index >= 15 is 0 Å². The molecule has 0 aliphatic carbocycles. The van der Waals surface area contributed by atoms with Crippen molar-refractivity contribution >= 4 is 22.5 Å². The van der Waals surface area contributed by atoms with Crippen LogP contribution in [0.3, 0.4) is 0 Å². The summed E-state index contributed by atoms with van der Waals surface area (Å²) in [6.45, 7) is 1.87. The molecule has 5 heteroatoms. The molecule has 2 aromatic carbocycles. The van der Waals surface area contributed by atoms with E-state index in [0.29, 0.717) is 17.1 Å². The van der Waals surface area contributed by atoms with Crippen LogP contribution >= 0.6 is 0 Å². The predicted octanol–water partition coefficient (Wildman–Crippen LogP) is 3.88. The second-order valence-electron chi connectivity index (χ2n) is 5.00. The molecule has 0 radical (unpaired) electrons. The van der Waals surface area contributed by atoms with Crippen molar-refractivity contribution in [2.75, 3.05) is 12.4 Å². The third kappa shape index (κ3) is 2.53. The highest BCUT2D eigenvalue weighted by atomic mass is 19.1. The average molecular weight is 298 g/mol. The van der Waals surface area contributed by atoms with Crippen molar-refractivity contribution < 1.29 is 13.9 Å². The predicted molar refractivity (Wildman–Crippen MR) is 83.9 cm³/mol. The van der Waals surface area contributed by atoms with E-state index in [2.05, 4.69) is 10.3 Å². The summed E-state index contributed by atoms with van der Waals surface area (Å²) in [5.74, 6) is 0.0139. The summed E-state index contributed by atoms with van der Waals surface area (Å²) in [5.41, 5.74) is 2.53. The number of halogens is 1. The summed E-state index contributed by atoms with van der Waals surface area (Å²) in [4.78, 5) is 15.5. The standard InChI is InChI=1S/C17H15FN2O2/c1-10-14-7-6-13(22-2)9-15(14)20-16(10)17(21)19-12-5-3-4-11(18)8-12/h3-9,20H,1-2H3,(H,19,21). The zero-order chi connectivity index (χ0) is 15.7. The number of fused-ring (bicyclic) bond motifs is 1. The largest absolute Gasteiger partial charge is 0.497 e. The van der Waals surface area contributed by atoms with Crippen LogP contribution in [0, 0.1) is 12.7 Å². The lowest BCUT2D eigenvalue weighted by Crippen LogP contribution is -2.13. The highest BCUT2D eigenvalue weighted by molar-refractivity contribution is 6.07. The minimum absolute atomic E-state index is 0.307. The SMILES string of the molecule is COc1ccc2c(C)c(C(=O)Nc3cccc(F)c3)[nH]c2c1. The van der Waals surface area contributed by atoms with Gasteiger partial charge in [0, 0.05) is 22.7 Å². The first-order valence-corrected chi connectivity index (χ1v) is 6.81. The van der Waals surface area contributed by atoms with E-state index in [1.807, 2.05) is 25.1 Å². The Labute approximate surface area is 126 Å². The monoisotopic (exact) mass is 298 g/mol. The maximum Gasteiger partial charge on any atom is 0.272 e. The molecule has 2 N–H and O–H groups in total. The van der Waals surface area contributed by atoms with Crippen LogP contribution in [0.25, 0.3) is 10.9 Å². The second-order valence-corrected chi connectivity index (χ2v) is 5.00. The fourth-order valence-corrected chi connectivity index (χ4v) is 2.43. The highest BCUT2D eigenvalue weighted by Gasteiger charge is 2.15. The number of ether oxygens (including phenoxy) is 1. The van der Waals surface area contributed by atoms with Crippen LogP contribution in [0.4, 0.5) is 10.1 Å². The number of hydrogen-bond acceptors (Lipinski definition) is 2. The molecular formula is C17H15FN2O2. The zero-order valence-corrected chi connectivity index (χ0v) is 12.2. The number of rotatable bonds is 3. The number of H-pyrrole nitrogens is 1. The first kappa shape index (κ1) is 14.1. The van der Waals surface area contributed by atoms with Crippen molar-refractivity contribution in [3.63, 3.8) is 0 Å². The molecule has 22 heavy (non-hydrogen) atoms. The van der Waals surface area contributed by atoms with Crippen LogP contribution in [0.1, 0.15) is 16.1 Å². The fourth-order valence-electron chi connectivity index (χ4n) is 2.43. The third-order valence-corrected chi connectivity index (χ3v) is 3.57. The normalized spacial score (nSPS) is 10.7. The Bertz CT molecular complexity index is 855. The van der Waals surface area contributed by atoms with Gasteiger partial charge in [-0.15, -0.1) is 0 Å². The molecule has 1 aromatic heterocycles. The van der Waals surface area contributed by atoms with Crippen molar-refractivity contribution in [1.82, 2.24) is 4.98 Å². The molecular weight excluding hydrogens is 283 g/mol. The molecule has 0 spiro atoms. The van der Waals surface area contributed by atoms with Gasteiger partial charge in [0.1, 0.15) is 17.3 Å². The maximum absolute atomic E-state index is 13.2. The number of nitrogens with one attached hydrogen (secondary N) is 2. The number of aromatic amines is 1. The van der Waals surface area contributed by atoms with Gasteiger partial charge in [0.2, 0.25) is 0 Å². The van der Waals surface area contributed by atoms with Gasteiger partial charge in [-0.1, -0.05) is 6.07 Å². The first-order valence-electron chi connectivity index (χ1n) is 6.81. The van der Waals surface area contributed by atoms with Crippen molar-refractivity contribution in [1.29, 1.82) is 0 Å². The minimum Gasteiger partial charge on any atom is -0.497 e. The van der Waals surface area contributed by atoms with E-state index in [0.717, 1.165) is 16.5 Å².